The Labute approximate surface area is 137 Å². The molecule has 2 heteroatoms. The Morgan fingerprint density at radius 3 is 2.00 bits per heavy atom. The molecule has 0 bridgehead atoms. The lowest BCUT2D eigenvalue weighted by molar-refractivity contribution is 0.289. The molecule has 0 aliphatic carbocycles. The lowest BCUT2D eigenvalue weighted by Crippen LogP contribution is -2.00. The Hall–Kier alpha value is -1.18. The molecule has 0 aromatic heterocycles. The van der Waals surface area contributed by atoms with Gasteiger partial charge in [0.1, 0.15) is 11.5 Å². The van der Waals surface area contributed by atoms with Gasteiger partial charge in [-0.05, 0) is 25.0 Å². The van der Waals surface area contributed by atoms with Crippen molar-refractivity contribution >= 4 is 0 Å². The van der Waals surface area contributed by atoms with Gasteiger partial charge >= 0.3 is 0 Å². The Morgan fingerprint density at radius 2 is 1.36 bits per heavy atom. The van der Waals surface area contributed by atoms with Crippen LogP contribution in [0.5, 0.6) is 11.5 Å². The monoisotopic (exact) mass is 305 g/mol. The third kappa shape index (κ3) is 9.70. The van der Waals surface area contributed by atoms with E-state index in [9.17, 15) is 0 Å². The summed E-state index contributed by atoms with van der Waals surface area (Å²) < 4.78 is 11.5. The minimum Gasteiger partial charge on any atom is -0.493 e. The van der Waals surface area contributed by atoms with Gasteiger partial charge in [0.2, 0.25) is 0 Å². The first-order valence-electron chi connectivity index (χ1n) is 9.14. The molecule has 0 spiro atoms. The quantitative estimate of drug-likeness (QED) is 0.382. The highest BCUT2D eigenvalue weighted by Crippen LogP contribution is 2.19. The van der Waals surface area contributed by atoms with Crippen molar-refractivity contribution in [2.24, 2.45) is 0 Å². The number of ether oxygens (including phenoxy) is 2. The Bertz CT molecular complexity index is 331. The van der Waals surface area contributed by atoms with E-state index >= 15 is 0 Å². The van der Waals surface area contributed by atoms with Crippen molar-refractivity contribution in [1.29, 1.82) is 0 Å². The molecule has 1 rings (SSSR count). The predicted octanol–water partition coefficient (Wildman–Crippen LogP) is 6.19. The van der Waals surface area contributed by atoms with Gasteiger partial charge in [-0.2, -0.15) is 0 Å². The van der Waals surface area contributed by atoms with Gasteiger partial charge in [0.15, 0.2) is 0 Å². The lowest BCUT2D eigenvalue weighted by Gasteiger charge is -2.09. The fraction of sp³-hybridized carbons (Fsp3) is 0.700. The number of unbranched alkanes of at least 4 members (excludes halogenated alkanes) is 8. The van der Waals surface area contributed by atoms with Crippen molar-refractivity contribution in [1.82, 2.24) is 0 Å². The molecule has 0 unspecified atom stereocenters. The molecule has 1 aromatic carbocycles. The smallest absolute Gasteiger partial charge is 0.130 e. The molecule has 0 aliphatic heterocycles. The first kappa shape index (κ1) is 18.9. The maximum absolute atomic E-state index is 5.79. The van der Waals surface area contributed by atoms with Gasteiger partial charge in [-0.1, -0.05) is 65.2 Å². The summed E-state index contributed by atoms with van der Waals surface area (Å²) in [5.74, 6) is 1.70. The second-order valence-electron chi connectivity index (χ2n) is 5.91. The van der Waals surface area contributed by atoms with E-state index in [0.717, 1.165) is 37.6 Å². The fourth-order valence-electron chi connectivity index (χ4n) is 2.38. The zero-order chi connectivity index (χ0) is 15.9. The lowest BCUT2D eigenvalue weighted by atomic mass is 10.2. The highest BCUT2D eigenvalue weighted by Gasteiger charge is 1.99. The standard InChI is InChI=1S/C20H33O2/c1-3-5-7-9-11-16-21-19-14-13-15-20(18-19)22-17-12-10-8-6-4-2/h13-14,18H,3-12,16-17H2,1-2H3. The molecule has 0 heterocycles. The second kappa shape index (κ2) is 13.5. The number of benzene rings is 1. The van der Waals surface area contributed by atoms with E-state index in [1.54, 1.807) is 0 Å². The van der Waals surface area contributed by atoms with Gasteiger partial charge in [-0.25, -0.2) is 0 Å². The largest absolute Gasteiger partial charge is 0.493 e. The van der Waals surface area contributed by atoms with Crippen LogP contribution in [0, 0.1) is 6.07 Å². The third-order valence-electron chi connectivity index (χ3n) is 3.77. The van der Waals surface area contributed by atoms with Crippen LogP contribution in [0.3, 0.4) is 0 Å². The molecule has 0 amide bonds. The van der Waals surface area contributed by atoms with Crippen LogP contribution in [0.25, 0.3) is 0 Å². The molecule has 0 fully saturated rings. The van der Waals surface area contributed by atoms with Crippen LogP contribution in [0.2, 0.25) is 0 Å². The molecule has 0 atom stereocenters. The van der Waals surface area contributed by atoms with E-state index < -0.39 is 0 Å². The maximum Gasteiger partial charge on any atom is 0.130 e. The predicted molar refractivity (Wildman–Crippen MR) is 93.8 cm³/mol. The van der Waals surface area contributed by atoms with Gasteiger partial charge in [-0.15, -0.1) is 0 Å². The van der Waals surface area contributed by atoms with Crippen molar-refractivity contribution in [3.05, 3.63) is 24.3 Å². The molecule has 125 valence electrons. The van der Waals surface area contributed by atoms with Crippen LogP contribution in [0.15, 0.2) is 18.2 Å². The third-order valence-corrected chi connectivity index (χ3v) is 3.77. The zero-order valence-electron chi connectivity index (χ0n) is 14.5. The van der Waals surface area contributed by atoms with Crippen LogP contribution in [0.4, 0.5) is 0 Å². The van der Waals surface area contributed by atoms with E-state index in [1.807, 2.05) is 18.2 Å². The summed E-state index contributed by atoms with van der Waals surface area (Å²) in [5.41, 5.74) is 0. The van der Waals surface area contributed by atoms with E-state index in [1.165, 1.54) is 51.4 Å². The minimum atomic E-state index is 0.778. The Kier molecular flexibility index (Phi) is 11.6. The summed E-state index contributed by atoms with van der Waals surface area (Å²) in [4.78, 5) is 0. The normalized spacial score (nSPS) is 10.6. The summed E-state index contributed by atoms with van der Waals surface area (Å²) in [6.07, 6.45) is 12.6. The van der Waals surface area contributed by atoms with Gasteiger partial charge in [0.05, 0.1) is 13.2 Å². The summed E-state index contributed by atoms with van der Waals surface area (Å²) in [6, 6.07) is 8.93. The van der Waals surface area contributed by atoms with Gasteiger partial charge in [0, 0.05) is 12.1 Å². The van der Waals surface area contributed by atoms with E-state index in [-0.39, 0.29) is 0 Å². The molecule has 0 saturated heterocycles. The highest BCUT2D eigenvalue weighted by molar-refractivity contribution is 5.31. The summed E-state index contributed by atoms with van der Waals surface area (Å²) >= 11 is 0. The first-order valence-corrected chi connectivity index (χ1v) is 9.14. The molecule has 0 N–H and O–H groups in total. The molecule has 22 heavy (non-hydrogen) atoms. The summed E-state index contributed by atoms with van der Waals surface area (Å²) in [5, 5.41) is 0. The van der Waals surface area contributed by atoms with Crippen molar-refractivity contribution in [2.45, 2.75) is 78.1 Å². The van der Waals surface area contributed by atoms with Crippen LogP contribution in [-0.2, 0) is 0 Å². The first-order chi connectivity index (χ1) is 10.9. The molecule has 2 nitrogen and oxygen atoms in total. The topological polar surface area (TPSA) is 18.5 Å². The van der Waals surface area contributed by atoms with E-state index in [0.29, 0.717) is 0 Å². The number of rotatable bonds is 14. The SMILES string of the molecule is CCCCCCCOc1[c]ccc(OCCCCCCC)c1. The average molecular weight is 305 g/mol. The van der Waals surface area contributed by atoms with Crippen molar-refractivity contribution in [3.63, 3.8) is 0 Å². The Morgan fingerprint density at radius 1 is 0.773 bits per heavy atom. The van der Waals surface area contributed by atoms with Crippen LogP contribution in [0.1, 0.15) is 78.1 Å². The van der Waals surface area contributed by atoms with Gasteiger partial charge in [0.25, 0.3) is 0 Å². The molecule has 0 saturated carbocycles. The average Bonchev–Trinajstić information content (AvgIpc) is 2.54. The molecular weight excluding hydrogens is 272 g/mol. The van der Waals surface area contributed by atoms with Crippen molar-refractivity contribution in [2.75, 3.05) is 13.2 Å². The van der Waals surface area contributed by atoms with Crippen LogP contribution < -0.4 is 9.47 Å². The fourth-order valence-corrected chi connectivity index (χ4v) is 2.38. The summed E-state index contributed by atoms with van der Waals surface area (Å²) in [6.45, 7) is 6.05. The second-order valence-corrected chi connectivity index (χ2v) is 5.91. The minimum absolute atomic E-state index is 0.778. The highest BCUT2D eigenvalue weighted by atomic mass is 16.5. The number of hydrogen-bond donors (Lipinski definition) is 0. The van der Waals surface area contributed by atoms with Gasteiger partial charge < -0.3 is 9.47 Å². The van der Waals surface area contributed by atoms with E-state index in [2.05, 4.69) is 19.9 Å². The maximum atomic E-state index is 5.79. The van der Waals surface area contributed by atoms with Crippen LogP contribution >= 0.6 is 0 Å². The molecule has 1 radical (unpaired) electrons. The van der Waals surface area contributed by atoms with Gasteiger partial charge in [-0.3, -0.25) is 0 Å². The molecule has 1 aromatic rings. The van der Waals surface area contributed by atoms with Crippen LogP contribution in [-0.4, -0.2) is 13.2 Å². The number of hydrogen-bond acceptors (Lipinski definition) is 2. The molecular formula is C20H33O2. The molecule has 0 aliphatic rings. The van der Waals surface area contributed by atoms with Crippen molar-refractivity contribution in [3.8, 4) is 11.5 Å². The Balaban J connectivity index is 2.13. The van der Waals surface area contributed by atoms with Crippen molar-refractivity contribution < 1.29 is 9.47 Å². The van der Waals surface area contributed by atoms with E-state index in [4.69, 9.17) is 9.47 Å². The summed E-state index contributed by atoms with van der Waals surface area (Å²) in [7, 11) is 0. The zero-order valence-corrected chi connectivity index (χ0v) is 14.5.